The SMILES string of the molecule is CCC(=S)NC[C@H]1CN(c2ccc(N3CCN(C(=O)COc4ccccc4)CC3)c(F)c2)C(=O)O1.CCN(CC)CC.CCSC(=S)CC.Cl.NC[C@H]1CN(c2ccc(N3CCN(C(=O)COc4ccccc4)CC3)c(F)c2)C(=O)O1. The molecule has 0 unspecified atom stereocenters. The molecule has 0 aliphatic carbocycles. The zero-order valence-corrected chi connectivity index (χ0v) is 50.7. The number of nitrogens with zero attached hydrogens (tertiary/aromatic N) is 7. The summed E-state index contributed by atoms with van der Waals surface area (Å²) in [6.07, 6.45) is -0.00832. The molecular weight excluding hydrogens is 1120 g/mol. The Morgan fingerprint density at radius 1 is 0.642 bits per heavy atom. The molecule has 444 valence electrons. The number of para-hydroxylation sites is 2. The number of rotatable bonds is 19. The van der Waals surface area contributed by atoms with Gasteiger partial charge in [-0.05, 0) is 98.9 Å². The molecule has 0 aromatic heterocycles. The number of hydrogen-bond acceptors (Lipinski definition) is 15. The van der Waals surface area contributed by atoms with E-state index < -0.39 is 23.8 Å². The van der Waals surface area contributed by atoms with Crippen molar-refractivity contribution in [3.63, 3.8) is 0 Å². The normalized spacial score (nSPS) is 16.6. The molecule has 23 heteroatoms. The Morgan fingerprint density at radius 3 is 1.40 bits per heavy atom. The van der Waals surface area contributed by atoms with E-state index in [0.717, 1.165) is 22.8 Å². The van der Waals surface area contributed by atoms with Gasteiger partial charge in [0, 0.05) is 63.1 Å². The van der Waals surface area contributed by atoms with Gasteiger partial charge in [-0.15, -0.1) is 24.2 Å². The number of hydrogen-bond donors (Lipinski definition) is 2. The van der Waals surface area contributed by atoms with Crippen LogP contribution < -0.4 is 40.1 Å². The molecule has 3 N–H and O–H groups in total. The lowest BCUT2D eigenvalue weighted by Crippen LogP contribution is -2.50. The molecule has 4 aliphatic heterocycles. The van der Waals surface area contributed by atoms with Crippen molar-refractivity contribution in [2.75, 3.05) is 137 Å². The molecule has 4 heterocycles. The Morgan fingerprint density at radius 2 is 1.06 bits per heavy atom. The van der Waals surface area contributed by atoms with Crippen LogP contribution in [0.5, 0.6) is 11.5 Å². The Hall–Kier alpha value is -6.04. The van der Waals surface area contributed by atoms with Gasteiger partial charge in [-0.2, -0.15) is 0 Å². The molecule has 4 amide bonds. The van der Waals surface area contributed by atoms with Crippen molar-refractivity contribution in [1.29, 1.82) is 0 Å². The number of thioether (sulfide) groups is 1. The van der Waals surface area contributed by atoms with Crippen LogP contribution in [0.1, 0.15) is 54.4 Å². The number of carbonyl (C=O) groups is 4. The molecular formula is C58H80ClF2N9O8S3. The van der Waals surface area contributed by atoms with Crippen molar-refractivity contribution in [2.45, 2.75) is 66.6 Å². The van der Waals surface area contributed by atoms with Gasteiger partial charge in [0.15, 0.2) is 13.2 Å². The van der Waals surface area contributed by atoms with Gasteiger partial charge in [0.25, 0.3) is 11.8 Å². The van der Waals surface area contributed by atoms with Crippen LogP contribution in [0, 0.1) is 11.6 Å². The summed E-state index contributed by atoms with van der Waals surface area (Å²) in [5, 5.41) is 3.07. The highest BCUT2D eigenvalue weighted by molar-refractivity contribution is 8.23. The van der Waals surface area contributed by atoms with Crippen molar-refractivity contribution in [1.82, 2.24) is 20.0 Å². The quantitative estimate of drug-likeness (QED) is 0.0853. The van der Waals surface area contributed by atoms with Crippen LogP contribution >= 0.6 is 48.6 Å². The third-order valence-corrected chi connectivity index (χ3v) is 15.4. The molecule has 4 aliphatic rings. The van der Waals surface area contributed by atoms with E-state index >= 15 is 4.39 Å². The number of nitrogens with two attached hydrogens (primary N) is 1. The second-order valence-corrected chi connectivity index (χ2v) is 21.2. The number of nitrogens with one attached hydrogen (secondary N) is 1. The smallest absolute Gasteiger partial charge is 0.414 e. The van der Waals surface area contributed by atoms with Crippen molar-refractivity contribution >= 4 is 105 Å². The highest BCUT2D eigenvalue weighted by atomic mass is 35.5. The minimum absolute atomic E-state index is 0. The monoisotopic (exact) mass is 1200 g/mol. The number of cyclic esters (lactones) is 2. The van der Waals surface area contributed by atoms with E-state index in [1.165, 1.54) is 41.6 Å². The molecule has 4 saturated heterocycles. The Labute approximate surface area is 498 Å². The van der Waals surface area contributed by atoms with Crippen LogP contribution in [0.15, 0.2) is 97.1 Å². The Kier molecular flexibility index (Phi) is 29.8. The average Bonchev–Trinajstić information content (AvgIpc) is 4.08. The summed E-state index contributed by atoms with van der Waals surface area (Å²) in [4.78, 5) is 62.3. The zero-order valence-electron chi connectivity index (χ0n) is 47.4. The number of ether oxygens (including phenoxy) is 4. The van der Waals surface area contributed by atoms with Crippen molar-refractivity contribution in [3.05, 3.63) is 109 Å². The maximum absolute atomic E-state index is 15.0. The molecule has 81 heavy (non-hydrogen) atoms. The number of halogens is 3. The van der Waals surface area contributed by atoms with Crippen LogP contribution in [0.25, 0.3) is 0 Å². The molecule has 4 aromatic rings. The second kappa shape index (κ2) is 35.7. The second-order valence-electron chi connectivity index (χ2n) is 18.6. The lowest BCUT2D eigenvalue weighted by atomic mass is 10.2. The molecule has 4 fully saturated rings. The van der Waals surface area contributed by atoms with E-state index in [2.05, 4.69) is 44.8 Å². The maximum Gasteiger partial charge on any atom is 0.414 e. The first-order valence-electron chi connectivity index (χ1n) is 27.5. The topological polar surface area (TPSA) is 166 Å². The first kappa shape index (κ1) is 67.5. The van der Waals surface area contributed by atoms with Crippen LogP contribution in [-0.2, 0) is 19.1 Å². The number of anilines is 4. The summed E-state index contributed by atoms with van der Waals surface area (Å²) < 4.78 is 52.5. The van der Waals surface area contributed by atoms with Crippen molar-refractivity contribution in [3.8, 4) is 11.5 Å². The first-order chi connectivity index (χ1) is 38.6. The molecule has 0 radical (unpaired) electrons. The van der Waals surface area contributed by atoms with Crippen LogP contribution in [-0.4, -0.2) is 177 Å². The molecule has 8 rings (SSSR count). The fourth-order valence-corrected chi connectivity index (χ4v) is 9.68. The summed E-state index contributed by atoms with van der Waals surface area (Å²) in [7, 11) is 0. The zero-order chi connectivity index (χ0) is 58.0. The molecule has 0 spiro atoms. The van der Waals surface area contributed by atoms with Gasteiger partial charge < -0.3 is 54.5 Å². The number of thiocarbonyl (C=S) groups is 2. The molecule has 4 aromatic carbocycles. The lowest BCUT2D eigenvalue weighted by Gasteiger charge is -2.36. The fraction of sp³-hybridized carbons (Fsp3) is 0.483. The van der Waals surface area contributed by atoms with Gasteiger partial charge in [0.05, 0.1) is 47.4 Å². The van der Waals surface area contributed by atoms with E-state index in [1.54, 1.807) is 70.1 Å². The van der Waals surface area contributed by atoms with E-state index in [-0.39, 0.29) is 56.2 Å². The number of piperazine rings is 2. The maximum atomic E-state index is 15.0. The number of benzene rings is 4. The summed E-state index contributed by atoms with van der Waals surface area (Å²) in [5.41, 5.74) is 7.32. The summed E-state index contributed by atoms with van der Waals surface area (Å²) in [6.45, 7) is 21.4. The summed E-state index contributed by atoms with van der Waals surface area (Å²) in [5.74, 6) is 1.38. The van der Waals surface area contributed by atoms with E-state index in [9.17, 15) is 23.6 Å². The fourth-order valence-electron chi connectivity index (χ4n) is 8.72. The highest BCUT2D eigenvalue weighted by Crippen LogP contribution is 2.30. The van der Waals surface area contributed by atoms with Crippen molar-refractivity contribution < 1.29 is 46.9 Å². The predicted octanol–water partition coefficient (Wildman–Crippen LogP) is 9.29. The van der Waals surface area contributed by atoms with Crippen LogP contribution in [0.3, 0.4) is 0 Å². The standard InChI is InChI=1S/C25H29FN4O4S.C22H25FN4O4.C6H15N.C5H10S2.ClH/c1-2-23(35)27-15-20-16-30(25(32)34-20)18-8-9-22(21(26)14-18)28-10-12-29(13-11-28)24(31)17-33-19-6-4-3-5-7-19;23-19-12-16(27-14-18(13-24)31-22(27)29)6-7-20(19)25-8-10-26(11-9-25)21(28)15-30-17-4-2-1-3-5-17;1-4-7(5-2)6-3;1-3-5(6)7-4-2;/h3-9,14,20H,2,10-13,15-17H2,1H3,(H,27,35);1-7,12,18H,8-11,13-15,24H2;4-6H2,1-3H3;3-4H2,1-2H3;1H/t20-;18-;;;/m00.../s1. The summed E-state index contributed by atoms with van der Waals surface area (Å²) >= 11 is 11.8. The molecule has 17 nitrogen and oxygen atoms in total. The largest absolute Gasteiger partial charge is 0.484 e. The van der Waals surface area contributed by atoms with E-state index in [4.69, 9.17) is 49.1 Å². The van der Waals surface area contributed by atoms with Gasteiger partial charge in [0.1, 0.15) is 35.3 Å². The van der Waals surface area contributed by atoms with E-state index in [0.29, 0.717) is 111 Å². The minimum Gasteiger partial charge on any atom is -0.484 e. The number of amides is 4. The van der Waals surface area contributed by atoms with Gasteiger partial charge in [0.2, 0.25) is 0 Å². The summed E-state index contributed by atoms with van der Waals surface area (Å²) in [6, 6.07) is 27.8. The Bertz CT molecular complexity index is 2600. The van der Waals surface area contributed by atoms with Gasteiger partial charge in [-0.25, -0.2) is 18.4 Å². The lowest BCUT2D eigenvalue weighted by molar-refractivity contribution is -0.134. The van der Waals surface area contributed by atoms with Gasteiger partial charge >= 0.3 is 12.2 Å². The molecule has 0 saturated carbocycles. The highest BCUT2D eigenvalue weighted by Gasteiger charge is 2.34. The predicted molar refractivity (Wildman–Crippen MR) is 331 cm³/mol. The third kappa shape index (κ3) is 21.3. The van der Waals surface area contributed by atoms with E-state index in [1.807, 2.05) is 53.1 Å². The number of carbonyl (C=O) groups excluding carboxylic acids is 4. The first-order valence-corrected chi connectivity index (χ1v) is 29.3. The molecule has 0 bridgehead atoms. The van der Waals surface area contributed by atoms with Crippen molar-refractivity contribution in [2.24, 2.45) is 5.73 Å². The van der Waals surface area contributed by atoms with Crippen LogP contribution in [0.4, 0.5) is 41.1 Å². The van der Waals surface area contributed by atoms with Gasteiger partial charge in [-0.3, -0.25) is 19.4 Å². The average molecular weight is 1200 g/mol. The minimum atomic E-state index is -0.521. The molecule has 2 atom stereocenters. The van der Waals surface area contributed by atoms with Gasteiger partial charge in [-0.1, -0.05) is 102 Å². The third-order valence-electron chi connectivity index (χ3n) is 13.4. The Balaban J connectivity index is 0.000000280. The van der Waals surface area contributed by atoms with Crippen LogP contribution in [0.2, 0.25) is 0 Å².